The van der Waals surface area contributed by atoms with Gasteiger partial charge in [-0.15, -0.1) is 0 Å². The van der Waals surface area contributed by atoms with Crippen LogP contribution in [0, 0.1) is 11.2 Å². The number of Topliss-reactive ketones (excluding diaryl/α,β-unsaturated/α-hetero) is 1. The topological polar surface area (TPSA) is 55.9 Å². The van der Waals surface area contributed by atoms with E-state index in [4.69, 9.17) is 0 Å². The average molecular weight is 629 g/mol. The first-order valence-electron chi connectivity index (χ1n) is 16.5. The van der Waals surface area contributed by atoms with Gasteiger partial charge in [0.1, 0.15) is 5.82 Å². The highest BCUT2D eigenvalue weighted by Crippen LogP contribution is 2.48. The molecule has 0 spiro atoms. The lowest BCUT2D eigenvalue weighted by Gasteiger charge is -2.41. The third kappa shape index (κ3) is 6.32. The van der Waals surface area contributed by atoms with Gasteiger partial charge in [0.05, 0.1) is 30.0 Å². The summed E-state index contributed by atoms with van der Waals surface area (Å²) in [7, 11) is 0. The highest BCUT2D eigenvalue weighted by atomic mass is 19.1. The molecular weight excluding hydrogens is 587 g/mol. The summed E-state index contributed by atoms with van der Waals surface area (Å²) in [5, 5.41) is 3.60. The molecular formula is C40H41FN4O2. The first-order chi connectivity index (χ1) is 22.8. The lowest BCUT2D eigenvalue weighted by atomic mass is 9.73. The normalized spacial score (nSPS) is 19.6. The quantitative estimate of drug-likeness (QED) is 0.242. The molecule has 4 aromatic rings. The number of carbonyl (C=O) groups excluding carboxylic acids is 2. The van der Waals surface area contributed by atoms with Gasteiger partial charge in [0.2, 0.25) is 5.91 Å². The van der Waals surface area contributed by atoms with Crippen molar-refractivity contribution in [2.24, 2.45) is 5.41 Å². The SMILES string of the molecule is CC1(C)CC(=O)C2=C(C1)Nc1ccccc1N(CC(=O)N1CCN(C(c3ccccc3)c3ccccc3)CC1)C2c1ccc(F)cc1. The van der Waals surface area contributed by atoms with Crippen LogP contribution in [0.5, 0.6) is 0 Å². The molecule has 4 aromatic carbocycles. The highest BCUT2D eigenvalue weighted by molar-refractivity contribution is 6.02. The number of piperazine rings is 1. The maximum atomic E-state index is 14.3. The smallest absolute Gasteiger partial charge is 0.242 e. The molecule has 1 saturated heterocycles. The van der Waals surface area contributed by atoms with Gasteiger partial charge in [-0.3, -0.25) is 14.5 Å². The monoisotopic (exact) mass is 628 g/mol. The number of fused-ring (bicyclic) bond motifs is 1. The number of rotatable bonds is 6. The van der Waals surface area contributed by atoms with E-state index in [0.29, 0.717) is 31.5 Å². The van der Waals surface area contributed by atoms with Crippen LogP contribution in [-0.2, 0) is 9.59 Å². The third-order valence-electron chi connectivity index (χ3n) is 9.76. The van der Waals surface area contributed by atoms with Crippen molar-refractivity contribution >= 4 is 23.1 Å². The minimum absolute atomic E-state index is 0.00942. The summed E-state index contributed by atoms with van der Waals surface area (Å²) < 4.78 is 14.2. The number of nitrogens with one attached hydrogen (secondary N) is 1. The molecule has 1 N–H and O–H groups in total. The molecule has 0 bridgehead atoms. The predicted octanol–water partition coefficient (Wildman–Crippen LogP) is 7.38. The molecule has 1 fully saturated rings. The molecule has 0 radical (unpaired) electrons. The van der Waals surface area contributed by atoms with Crippen molar-refractivity contribution in [2.45, 2.75) is 38.8 Å². The van der Waals surface area contributed by atoms with Gasteiger partial charge >= 0.3 is 0 Å². The average Bonchev–Trinajstić information content (AvgIpc) is 3.20. The fourth-order valence-corrected chi connectivity index (χ4v) is 7.58. The Hall–Kier alpha value is -4.75. The third-order valence-corrected chi connectivity index (χ3v) is 9.76. The van der Waals surface area contributed by atoms with Crippen LogP contribution in [0.1, 0.15) is 55.5 Å². The number of carbonyl (C=O) groups is 2. The van der Waals surface area contributed by atoms with E-state index in [9.17, 15) is 14.0 Å². The first-order valence-corrected chi connectivity index (χ1v) is 16.5. The number of amides is 1. The summed E-state index contributed by atoms with van der Waals surface area (Å²) >= 11 is 0. The van der Waals surface area contributed by atoms with Crippen molar-refractivity contribution < 1.29 is 14.0 Å². The zero-order valence-electron chi connectivity index (χ0n) is 27.0. The number of ketones is 1. The van der Waals surface area contributed by atoms with Gasteiger partial charge in [0, 0.05) is 43.9 Å². The number of allylic oxidation sites excluding steroid dienone is 1. The maximum absolute atomic E-state index is 14.3. The van der Waals surface area contributed by atoms with Crippen LogP contribution >= 0.6 is 0 Å². The summed E-state index contributed by atoms with van der Waals surface area (Å²) in [6.45, 7) is 7.00. The van der Waals surface area contributed by atoms with E-state index < -0.39 is 6.04 Å². The Bertz CT molecular complexity index is 1740. The fraction of sp³-hybridized carbons (Fsp3) is 0.300. The van der Waals surface area contributed by atoms with Crippen LogP contribution in [0.3, 0.4) is 0 Å². The van der Waals surface area contributed by atoms with E-state index in [2.05, 4.69) is 77.5 Å². The molecule has 3 aliphatic rings. The zero-order chi connectivity index (χ0) is 32.5. The summed E-state index contributed by atoms with van der Waals surface area (Å²) in [5.41, 5.74) is 6.31. The number of benzene rings is 4. The maximum Gasteiger partial charge on any atom is 0.242 e. The van der Waals surface area contributed by atoms with Crippen molar-refractivity contribution in [3.63, 3.8) is 0 Å². The Morgan fingerprint density at radius 1 is 0.809 bits per heavy atom. The molecule has 7 rings (SSSR count). The number of hydrogen-bond acceptors (Lipinski definition) is 5. The predicted molar refractivity (Wildman–Crippen MR) is 184 cm³/mol. The number of nitrogens with zero attached hydrogens (tertiary/aromatic N) is 3. The van der Waals surface area contributed by atoms with Crippen LogP contribution < -0.4 is 10.2 Å². The van der Waals surface area contributed by atoms with Crippen molar-refractivity contribution in [2.75, 3.05) is 42.9 Å². The molecule has 0 aromatic heterocycles. The molecule has 1 aliphatic carbocycles. The van der Waals surface area contributed by atoms with Crippen LogP contribution in [-0.4, -0.2) is 54.2 Å². The van der Waals surface area contributed by atoms with Crippen LogP contribution in [0.25, 0.3) is 0 Å². The van der Waals surface area contributed by atoms with E-state index in [-0.39, 0.29) is 35.5 Å². The molecule has 1 unspecified atom stereocenters. The summed E-state index contributed by atoms with van der Waals surface area (Å²) in [4.78, 5) is 34.7. The first kappa shape index (κ1) is 30.9. The van der Waals surface area contributed by atoms with Gasteiger partial charge in [-0.2, -0.15) is 0 Å². The Morgan fingerprint density at radius 2 is 1.40 bits per heavy atom. The van der Waals surface area contributed by atoms with Crippen LogP contribution in [0.4, 0.5) is 15.8 Å². The minimum atomic E-state index is -0.531. The lowest BCUT2D eigenvalue weighted by Crippen LogP contribution is -2.52. The van der Waals surface area contributed by atoms with Gasteiger partial charge in [0.25, 0.3) is 0 Å². The van der Waals surface area contributed by atoms with Gasteiger partial charge < -0.3 is 15.1 Å². The lowest BCUT2D eigenvalue weighted by molar-refractivity contribution is -0.131. The molecule has 0 saturated carbocycles. The van der Waals surface area contributed by atoms with Crippen molar-refractivity contribution in [1.82, 2.24) is 9.80 Å². The number of para-hydroxylation sites is 2. The van der Waals surface area contributed by atoms with Crippen molar-refractivity contribution in [3.8, 4) is 0 Å². The Morgan fingerprint density at radius 3 is 2.04 bits per heavy atom. The van der Waals surface area contributed by atoms with Crippen molar-refractivity contribution in [1.29, 1.82) is 0 Å². The Balaban J connectivity index is 1.19. The second-order valence-electron chi connectivity index (χ2n) is 13.7. The Kier molecular flexibility index (Phi) is 8.41. The molecule has 240 valence electrons. The number of anilines is 2. The van der Waals surface area contributed by atoms with E-state index >= 15 is 0 Å². The van der Waals surface area contributed by atoms with E-state index in [1.165, 1.54) is 23.3 Å². The molecule has 2 aliphatic heterocycles. The number of halogens is 1. The number of hydrogen-bond donors (Lipinski definition) is 1. The summed E-state index contributed by atoms with van der Waals surface area (Å²) in [5.74, 6) is -0.268. The minimum Gasteiger partial charge on any atom is -0.357 e. The zero-order valence-corrected chi connectivity index (χ0v) is 27.0. The molecule has 6 nitrogen and oxygen atoms in total. The summed E-state index contributed by atoms with van der Waals surface area (Å²) in [6, 6.07) is 35.0. The van der Waals surface area contributed by atoms with Gasteiger partial charge in [-0.05, 0) is 52.8 Å². The van der Waals surface area contributed by atoms with Crippen LogP contribution in [0.15, 0.2) is 120 Å². The largest absolute Gasteiger partial charge is 0.357 e. The second kappa shape index (κ2) is 12.8. The Labute approximate surface area is 276 Å². The van der Waals surface area contributed by atoms with Gasteiger partial charge in [-0.1, -0.05) is 98.8 Å². The van der Waals surface area contributed by atoms with Gasteiger partial charge in [0.15, 0.2) is 5.78 Å². The molecule has 1 amide bonds. The standard InChI is InChI=1S/C40H41FN4O2/c1-40(2)25-33-37(35(46)26-40)39(30-17-19-31(41)20-18-30)45(34-16-10-9-15-32(34)42-33)27-36(47)43-21-23-44(24-22-43)38(28-11-5-3-6-12-28)29-13-7-4-8-14-29/h3-20,38-39,42H,21-27H2,1-2H3. The van der Waals surface area contributed by atoms with E-state index in [1.54, 1.807) is 12.1 Å². The van der Waals surface area contributed by atoms with Crippen LogP contribution in [0.2, 0.25) is 0 Å². The van der Waals surface area contributed by atoms with E-state index in [0.717, 1.165) is 35.7 Å². The second-order valence-corrected chi connectivity index (χ2v) is 13.7. The van der Waals surface area contributed by atoms with Crippen molar-refractivity contribution in [3.05, 3.63) is 143 Å². The highest BCUT2D eigenvalue weighted by Gasteiger charge is 2.42. The van der Waals surface area contributed by atoms with E-state index in [1.807, 2.05) is 41.3 Å². The van der Waals surface area contributed by atoms with Gasteiger partial charge in [-0.25, -0.2) is 4.39 Å². The summed E-state index contributed by atoms with van der Waals surface area (Å²) in [6.07, 6.45) is 1.11. The molecule has 7 heteroatoms. The molecule has 2 heterocycles. The molecule has 1 atom stereocenters. The molecule has 47 heavy (non-hydrogen) atoms. The fourth-order valence-electron chi connectivity index (χ4n) is 7.58.